The Bertz CT molecular complexity index is 1690. The van der Waals surface area contributed by atoms with Crippen molar-refractivity contribution in [3.05, 3.63) is 70.8 Å². The van der Waals surface area contributed by atoms with Gasteiger partial charge in [-0.05, 0) is 56.1 Å². The molecule has 4 heterocycles. The van der Waals surface area contributed by atoms with Gasteiger partial charge in [-0.15, -0.1) is 6.58 Å². The largest absolute Gasteiger partial charge is 0.489 e. The second-order valence-corrected chi connectivity index (χ2v) is 11.0. The first kappa shape index (κ1) is 27.9. The van der Waals surface area contributed by atoms with E-state index in [4.69, 9.17) is 14.7 Å². The van der Waals surface area contributed by atoms with Gasteiger partial charge in [-0.2, -0.15) is 4.98 Å². The zero-order valence-corrected chi connectivity index (χ0v) is 24.4. The molecule has 11 nitrogen and oxygen atoms in total. The maximum Gasteiger partial charge on any atom is 0.278 e. The van der Waals surface area contributed by atoms with E-state index in [1.54, 1.807) is 10.8 Å². The number of aliphatic hydroxyl groups is 1. The third kappa shape index (κ3) is 4.92. The van der Waals surface area contributed by atoms with Crippen molar-refractivity contribution in [1.29, 1.82) is 0 Å². The summed E-state index contributed by atoms with van der Waals surface area (Å²) in [5.41, 5.74) is 2.60. The lowest BCUT2D eigenvalue weighted by Gasteiger charge is -2.31. The molecule has 2 aliphatic rings. The second kappa shape index (κ2) is 11.2. The van der Waals surface area contributed by atoms with E-state index in [0.29, 0.717) is 47.9 Å². The summed E-state index contributed by atoms with van der Waals surface area (Å²) in [5, 5.41) is 18.4. The fourth-order valence-electron chi connectivity index (χ4n) is 5.92. The fourth-order valence-corrected chi connectivity index (χ4v) is 5.92. The van der Waals surface area contributed by atoms with Crippen LogP contribution in [0.25, 0.3) is 16.9 Å². The maximum atomic E-state index is 13.4. The molecule has 1 unspecified atom stereocenters. The number of aromatic nitrogens is 5. The van der Waals surface area contributed by atoms with Crippen LogP contribution in [0.4, 0.5) is 17.3 Å². The normalized spacial score (nSPS) is 19.3. The van der Waals surface area contributed by atoms with Crippen LogP contribution in [0, 0.1) is 0 Å². The summed E-state index contributed by atoms with van der Waals surface area (Å²) in [5.74, 6) is 1.60. The van der Waals surface area contributed by atoms with E-state index in [1.807, 2.05) is 37.3 Å². The molecule has 0 saturated heterocycles. The highest BCUT2D eigenvalue weighted by Crippen LogP contribution is 2.38. The van der Waals surface area contributed by atoms with E-state index < -0.39 is 5.60 Å². The van der Waals surface area contributed by atoms with Gasteiger partial charge in [0.2, 0.25) is 5.95 Å². The van der Waals surface area contributed by atoms with Gasteiger partial charge in [-0.1, -0.05) is 32.9 Å². The topological polar surface area (TPSA) is 122 Å². The molecule has 0 amide bonds. The van der Waals surface area contributed by atoms with Crippen molar-refractivity contribution in [2.45, 2.75) is 58.2 Å². The van der Waals surface area contributed by atoms with Crippen LogP contribution in [0.5, 0.6) is 5.75 Å². The third-order valence-electron chi connectivity index (χ3n) is 8.40. The summed E-state index contributed by atoms with van der Waals surface area (Å²) in [4.78, 5) is 29.8. The summed E-state index contributed by atoms with van der Waals surface area (Å²) >= 11 is 0. The molecule has 1 aromatic carbocycles. The van der Waals surface area contributed by atoms with E-state index in [-0.39, 0.29) is 18.1 Å². The van der Waals surface area contributed by atoms with Gasteiger partial charge in [-0.3, -0.25) is 4.79 Å². The smallest absolute Gasteiger partial charge is 0.278 e. The Morgan fingerprint density at radius 1 is 1.24 bits per heavy atom. The molecule has 0 bridgehead atoms. The minimum atomic E-state index is -0.978. The highest BCUT2D eigenvalue weighted by Gasteiger charge is 2.37. The Morgan fingerprint density at radius 2 is 2.07 bits per heavy atom. The summed E-state index contributed by atoms with van der Waals surface area (Å²) in [6.45, 7) is 13.9. The van der Waals surface area contributed by atoms with Crippen LogP contribution < -0.4 is 20.9 Å². The molecule has 1 aliphatic heterocycles. The predicted molar refractivity (Wildman–Crippen MR) is 164 cm³/mol. The zero-order valence-electron chi connectivity index (χ0n) is 24.4. The number of hydrogen-bond acceptors (Lipinski definition) is 9. The minimum absolute atomic E-state index is 0.222. The molecule has 220 valence electrons. The van der Waals surface area contributed by atoms with Crippen molar-refractivity contribution < 1.29 is 9.84 Å². The van der Waals surface area contributed by atoms with Gasteiger partial charge in [0.05, 0.1) is 24.0 Å². The van der Waals surface area contributed by atoms with Gasteiger partial charge in [-0.25, -0.2) is 19.3 Å². The molecular formula is C31H38N8O3. The van der Waals surface area contributed by atoms with Crippen molar-refractivity contribution in [2.24, 2.45) is 0 Å². The Kier molecular flexibility index (Phi) is 7.46. The lowest BCUT2D eigenvalue weighted by atomic mass is 9.98. The summed E-state index contributed by atoms with van der Waals surface area (Å²) in [7, 11) is 0. The number of fused-ring (bicyclic) bond motifs is 3. The quantitative estimate of drug-likeness (QED) is 0.243. The summed E-state index contributed by atoms with van der Waals surface area (Å²) in [6.07, 6.45) is 5.16. The van der Waals surface area contributed by atoms with Crippen molar-refractivity contribution in [1.82, 2.24) is 29.2 Å². The molecule has 0 radical (unpaired) electrons. The monoisotopic (exact) mass is 570 g/mol. The van der Waals surface area contributed by atoms with Crippen LogP contribution in [0.1, 0.15) is 44.9 Å². The van der Waals surface area contributed by atoms with Crippen LogP contribution in [-0.2, 0) is 18.6 Å². The number of hydrogen-bond donors (Lipinski definition) is 3. The van der Waals surface area contributed by atoms with E-state index >= 15 is 0 Å². The van der Waals surface area contributed by atoms with E-state index in [0.717, 1.165) is 48.7 Å². The summed E-state index contributed by atoms with van der Waals surface area (Å²) in [6, 6.07) is 9.94. The van der Waals surface area contributed by atoms with E-state index in [9.17, 15) is 9.90 Å². The first-order valence-corrected chi connectivity index (χ1v) is 14.7. The lowest BCUT2D eigenvalue weighted by molar-refractivity contribution is 0.0306. The Labute approximate surface area is 244 Å². The molecular weight excluding hydrogens is 532 g/mol. The van der Waals surface area contributed by atoms with Gasteiger partial charge in [0.25, 0.3) is 5.56 Å². The molecule has 0 fully saturated rings. The average Bonchev–Trinajstić information content (AvgIpc) is 3.49. The van der Waals surface area contributed by atoms with Gasteiger partial charge in [0, 0.05) is 24.5 Å². The molecule has 11 heteroatoms. The second-order valence-electron chi connectivity index (χ2n) is 11.0. The number of pyridine rings is 1. The standard InChI is InChI=1S/C31H38N8O3/c1-5-15-38-29(40)23-17-32-30(34-21-10-11-24-25(16-21)42-19-22(33-24)18-37(7-3)8-4)36-28(23)39(38)26-12-9-20-13-14-31(41,6-2)27(20)35-26/h5,9-12,16-17,22,33,41H,1,6-8,13-15,18-19H2,2-4H3,(H,32,34,36)/t22?,31-/m1/s1. The van der Waals surface area contributed by atoms with Crippen molar-refractivity contribution in [3.63, 3.8) is 0 Å². The molecule has 0 spiro atoms. The van der Waals surface area contributed by atoms with Gasteiger partial charge < -0.3 is 25.4 Å². The molecule has 6 rings (SSSR count). The number of ether oxygens (including phenoxy) is 1. The Balaban J connectivity index is 1.33. The molecule has 4 aromatic rings. The molecule has 2 atom stereocenters. The zero-order chi connectivity index (χ0) is 29.4. The third-order valence-corrected chi connectivity index (χ3v) is 8.40. The van der Waals surface area contributed by atoms with Gasteiger partial charge in [0.1, 0.15) is 23.3 Å². The molecule has 3 aromatic heterocycles. The number of rotatable bonds is 10. The van der Waals surface area contributed by atoms with Crippen molar-refractivity contribution in [2.75, 3.05) is 36.9 Å². The maximum absolute atomic E-state index is 13.4. The number of aryl methyl sites for hydroxylation is 1. The van der Waals surface area contributed by atoms with Crippen molar-refractivity contribution >= 4 is 28.4 Å². The highest BCUT2D eigenvalue weighted by molar-refractivity contribution is 5.77. The number of nitrogens with zero attached hydrogens (tertiary/aromatic N) is 6. The van der Waals surface area contributed by atoms with Crippen LogP contribution in [-0.4, -0.2) is 66.6 Å². The first-order chi connectivity index (χ1) is 20.4. The number of benzene rings is 1. The molecule has 1 aliphatic carbocycles. The van der Waals surface area contributed by atoms with Crippen LogP contribution in [0.15, 0.2) is 54.0 Å². The van der Waals surface area contributed by atoms with Crippen LogP contribution in [0.3, 0.4) is 0 Å². The molecule has 3 N–H and O–H groups in total. The fraction of sp³-hybridized carbons (Fsp3) is 0.419. The molecule has 42 heavy (non-hydrogen) atoms. The minimum Gasteiger partial charge on any atom is -0.489 e. The Morgan fingerprint density at radius 3 is 2.83 bits per heavy atom. The van der Waals surface area contributed by atoms with Gasteiger partial charge in [0.15, 0.2) is 11.5 Å². The SMILES string of the molecule is C=CCn1c(=O)c2cnc(Nc3ccc4c(c3)OCC(CN(CC)CC)N4)nc2n1-c1ccc2c(n1)[C@@](O)(CC)CC2. The highest BCUT2D eigenvalue weighted by atomic mass is 16.5. The van der Waals surface area contributed by atoms with E-state index in [2.05, 4.69) is 40.9 Å². The lowest BCUT2D eigenvalue weighted by Crippen LogP contribution is -2.42. The van der Waals surface area contributed by atoms with Crippen LogP contribution >= 0.6 is 0 Å². The molecule has 0 saturated carbocycles. The van der Waals surface area contributed by atoms with Crippen LogP contribution in [0.2, 0.25) is 0 Å². The number of anilines is 3. The number of likely N-dealkylation sites (N-methyl/N-ethyl adjacent to an activating group) is 1. The van der Waals surface area contributed by atoms with Crippen molar-refractivity contribution in [3.8, 4) is 11.6 Å². The Hall–Kier alpha value is -4.22. The summed E-state index contributed by atoms with van der Waals surface area (Å²) < 4.78 is 9.33. The number of nitrogens with one attached hydrogen (secondary N) is 2. The number of allylic oxidation sites excluding steroid dienone is 1. The average molecular weight is 571 g/mol. The van der Waals surface area contributed by atoms with Gasteiger partial charge >= 0.3 is 0 Å². The predicted octanol–water partition coefficient (Wildman–Crippen LogP) is 3.97. The van der Waals surface area contributed by atoms with E-state index in [1.165, 1.54) is 10.9 Å². The first-order valence-electron chi connectivity index (χ1n) is 14.7.